The molecule has 0 saturated carbocycles. The summed E-state index contributed by atoms with van der Waals surface area (Å²) in [4.78, 5) is 11.8. The van der Waals surface area contributed by atoms with Gasteiger partial charge < -0.3 is 20.5 Å². The zero-order valence-corrected chi connectivity index (χ0v) is 11.0. The number of alkyl halides is 3. The maximum absolute atomic E-state index is 12.1. The molecule has 0 aromatic heterocycles. The molecule has 1 aliphatic rings. The highest BCUT2D eigenvalue weighted by Gasteiger charge is 2.31. The Morgan fingerprint density at radius 1 is 1.48 bits per heavy atom. The highest BCUT2D eigenvalue weighted by molar-refractivity contribution is 5.82. The molecule has 0 aliphatic carbocycles. The second kappa shape index (κ2) is 6.31. The molecule has 1 heterocycles. The summed E-state index contributed by atoms with van der Waals surface area (Å²) in [5.41, 5.74) is 0.489. The molecule has 0 radical (unpaired) electrons. The normalized spacial score (nSPS) is 22.1. The fourth-order valence-electron chi connectivity index (χ4n) is 2.08. The topological polar surface area (TPSA) is 70.6 Å². The SMILES string of the molecule is O=C(NCc1cccc(OC(F)(F)F)c1)[C@H]1C[C@@H](O)CN1. The largest absolute Gasteiger partial charge is 0.573 e. The van der Waals surface area contributed by atoms with Crippen LogP contribution in [0.1, 0.15) is 12.0 Å². The lowest BCUT2D eigenvalue weighted by molar-refractivity contribution is -0.274. The van der Waals surface area contributed by atoms with Crippen molar-refractivity contribution >= 4 is 5.91 Å². The minimum absolute atomic E-state index is 0.0855. The number of benzene rings is 1. The molecule has 0 unspecified atom stereocenters. The van der Waals surface area contributed by atoms with Crippen LogP contribution < -0.4 is 15.4 Å². The Morgan fingerprint density at radius 2 is 2.24 bits per heavy atom. The summed E-state index contributed by atoms with van der Waals surface area (Å²) in [6.07, 6.45) is -4.97. The maximum Gasteiger partial charge on any atom is 0.573 e. The molecule has 1 aromatic rings. The second-order valence-electron chi connectivity index (χ2n) is 4.76. The van der Waals surface area contributed by atoms with Crippen LogP contribution in [0.2, 0.25) is 0 Å². The van der Waals surface area contributed by atoms with E-state index < -0.39 is 18.5 Å². The van der Waals surface area contributed by atoms with Gasteiger partial charge in [-0.15, -0.1) is 13.2 Å². The van der Waals surface area contributed by atoms with Gasteiger partial charge in [0.1, 0.15) is 5.75 Å². The number of ether oxygens (including phenoxy) is 1. The fourth-order valence-corrected chi connectivity index (χ4v) is 2.08. The molecule has 2 atom stereocenters. The maximum atomic E-state index is 12.1. The summed E-state index contributed by atoms with van der Waals surface area (Å²) in [7, 11) is 0. The molecule has 1 aliphatic heterocycles. The number of aliphatic hydroxyl groups excluding tert-OH is 1. The number of halogens is 3. The number of β-amino-alcohol motifs (C(OH)–C–C–N with tert-alkyl or cyclic N) is 1. The Bertz CT molecular complexity index is 508. The monoisotopic (exact) mass is 304 g/mol. The van der Waals surface area contributed by atoms with Crippen molar-refractivity contribution in [3.05, 3.63) is 29.8 Å². The first-order chi connectivity index (χ1) is 9.83. The van der Waals surface area contributed by atoms with E-state index in [-0.39, 0.29) is 18.2 Å². The zero-order chi connectivity index (χ0) is 15.5. The standard InChI is InChI=1S/C13H15F3N2O3/c14-13(15,16)21-10-3-1-2-8(4-10)6-18-12(20)11-5-9(19)7-17-11/h1-4,9,11,17,19H,5-7H2,(H,18,20)/t9-,11-/m1/s1. The van der Waals surface area contributed by atoms with Crippen molar-refractivity contribution in [3.63, 3.8) is 0 Å². The average molecular weight is 304 g/mol. The summed E-state index contributed by atoms with van der Waals surface area (Å²) in [5.74, 6) is -0.627. The van der Waals surface area contributed by atoms with Gasteiger partial charge >= 0.3 is 6.36 Å². The molecule has 2 rings (SSSR count). The molecule has 0 bridgehead atoms. The van der Waals surface area contributed by atoms with Crippen LogP contribution in [0, 0.1) is 0 Å². The van der Waals surface area contributed by atoms with Crippen molar-refractivity contribution in [1.29, 1.82) is 0 Å². The molecule has 3 N–H and O–H groups in total. The minimum Gasteiger partial charge on any atom is -0.406 e. The van der Waals surface area contributed by atoms with E-state index in [4.69, 9.17) is 0 Å². The minimum atomic E-state index is -4.74. The summed E-state index contributed by atoms with van der Waals surface area (Å²) in [6.45, 7) is 0.440. The van der Waals surface area contributed by atoms with Crippen LogP contribution in [0.15, 0.2) is 24.3 Å². The summed E-state index contributed by atoms with van der Waals surface area (Å²) in [6, 6.07) is 4.92. The molecule has 1 aromatic carbocycles. The molecule has 1 saturated heterocycles. The molecule has 0 spiro atoms. The van der Waals surface area contributed by atoms with Gasteiger partial charge in [-0.05, 0) is 24.1 Å². The number of carbonyl (C=O) groups excluding carboxylic acids is 1. The lowest BCUT2D eigenvalue weighted by Crippen LogP contribution is -2.40. The van der Waals surface area contributed by atoms with Crippen LogP contribution in [0.3, 0.4) is 0 Å². The van der Waals surface area contributed by atoms with Gasteiger partial charge in [0.05, 0.1) is 12.1 Å². The van der Waals surface area contributed by atoms with Crippen LogP contribution in [0.4, 0.5) is 13.2 Å². The summed E-state index contributed by atoms with van der Waals surface area (Å²) >= 11 is 0. The third kappa shape index (κ3) is 4.91. The number of aliphatic hydroxyl groups is 1. The average Bonchev–Trinajstić information content (AvgIpc) is 2.81. The second-order valence-corrected chi connectivity index (χ2v) is 4.76. The number of hydrogen-bond acceptors (Lipinski definition) is 4. The number of nitrogens with one attached hydrogen (secondary N) is 2. The van der Waals surface area contributed by atoms with E-state index in [2.05, 4.69) is 15.4 Å². The van der Waals surface area contributed by atoms with Gasteiger partial charge in [0.2, 0.25) is 5.91 Å². The number of amides is 1. The van der Waals surface area contributed by atoms with E-state index in [0.29, 0.717) is 18.5 Å². The first-order valence-corrected chi connectivity index (χ1v) is 6.37. The van der Waals surface area contributed by atoms with Crippen molar-refractivity contribution in [1.82, 2.24) is 10.6 Å². The first kappa shape index (κ1) is 15.6. The lowest BCUT2D eigenvalue weighted by atomic mass is 10.1. The third-order valence-corrected chi connectivity index (χ3v) is 3.02. The molecule has 5 nitrogen and oxygen atoms in total. The zero-order valence-electron chi connectivity index (χ0n) is 11.0. The number of rotatable bonds is 4. The predicted octanol–water partition coefficient (Wildman–Crippen LogP) is 0.924. The van der Waals surface area contributed by atoms with Crippen molar-refractivity contribution in [3.8, 4) is 5.75 Å². The highest BCUT2D eigenvalue weighted by Crippen LogP contribution is 2.23. The van der Waals surface area contributed by atoms with E-state index in [9.17, 15) is 23.1 Å². The smallest absolute Gasteiger partial charge is 0.406 e. The van der Waals surface area contributed by atoms with Gasteiger partial charge in [-0.25, -0.2) is 0 Å². The van der Waals surface area contributed by atoms with Gasteiger partial charge in [-0.2, -0.15) is 0 Å². The Morgan fingerprint density at radius 3 is 2.86 bits per heavy atom. The molecular formula is C13H15F3N2O3. The van der Waals surface area contributed by atoms with Crippen LogP contribution >= 0.6 is 0 Å². The Kier molecular flexibility index (Phi) is 4.69. The summed E-state index contributed by atoms with van der Waals surface area (Å²) in [5, 5.41) is 14.8. The molecular weight excluding hydrogens is 289 g/mol. The molecule has 21 heavy (non-hydrogen) atoms. The summed E-state index contributed by atoms with van der Waals surface area (Å²) < 4.78 is 40.1. The van der Waals surface area contributed by atoms with E-state index in [1.807, 2.05) is 0 Å². The molecule has 1 fully saturated rings. The first-order valence-electron chi connectivity index (χ1n) is 6.37. The van der Waals surface area contributed by atoms with E-state index >= 15 is 0 Å². The quantitative estimate of drug-likeness (QED) is 0.774. The Hall–Kier alpha value is -1.80. The van der Waals surface area contributed by atoms with E-state index in [1.165, 1.54) is 18.2 Å². The molecule has 8 heteroatoms. The fraction of sp³-hybridized carbons (Fsp3) is 0.462. The highest BCUT2D eigenvalue weighted by atomic mass is 19.4. The van der Waals surface area contributed by atoms with Crippen LogP contribution in [0.5, 0.6) is 5.75 Å². The van der Waals surface area contributed by atoms with Crippen molar-refractivity contribution in [2.24, 2.45) is 0 Å². The number of carbonyl (C=O) groups is 1. The van der Waals surface area contributed by atoms with E-state index in [1.54, 1.807) is 6.07 Å². The van der Waals surface area contributed by atoms with Crippen molar-refractivity contribution < 1.29 is 27.8 Å². The van der Waals surface area contributed by atoms with Crippen LogP contribution in [-0.4, -0.2) is 36.1 Å². The van der Waals surface area contributed by atoms with Gasteiger partial charge in [0.15, 0.2) is 0 Å². The molecule has 1 amide bonds. The van der Waals surface area contributed by atoms with Crippen molar-refractivity contribution in [2.75, 3.05) is 6.54 Å². The van der Waals surface area contributed by atoms with Gasteiger partial charge in [-0.3, -0.25) is 4.79 Å². The third-order valence-electron chi connectivity index (χ3n) is 3.02. The molecule has 116 valence electrons. The van der Waals surface area contributed by atoms with Gasteiger partial charge in [-0.1, -0.05) is 12.1 Å². The van der Waals surface area contributed by atoms with Crippen LogP contribution in [-0.2, 0) is 11.3 Å². The number of hydrogen-bond donors (Lipinski definition) is 3. The lowest BCUT2D eigenvalue weighted by Gasteiger charge is -2.12. The Labute approximate surface area is 119 Å². The Balaban J connectivity index is 1.88. The van der Waals surface area contributed by atoms with Crippen LogP contribution in [0.25, 0.3) is 0 Å². The van der Waals surface area contributed by atoms with E-state index in [0.717, 1.165) is 0 Å². The predicted molar refractivity (Wildman–Crippen MR) is 67.4 cm³/mol. The van der Waals surface area contributed by atoms with Gasteiger partial charge in [0.25, 0.3) is 0 Å². The van der Waals surface area contributed by atoms with Gasteiger partial charge in [0, 0.05) is 13.1 Å². The van der Waals surface area contributed by atoms with Crippen molar-refractivity contribution in [2.45, 2.75) is 31.5 Å².